The number of likely N-dealkylation sites (N-methyl/N-ethyl adjacent to an activating group) is 2. The third kappa shape index (κ3) is 7.14. The van der Waals surface area contributed by atoms with Crippen LogP contribution in [0.1, 0.15) is 23.2 Å². The fourth-order valence-electron chi connectivity index (χ4n) is 4.91. The van der Waals surface area contributed by atoms with Crippen molar-refractivity contribution in [2.45, 2.75) is 18.9 Å². The van der Waals surface area contributed by atoms with Gasteiger partial charge in [0, 0.05) is 85.3 Å². The van der Waals surface area contributed by atoms with Crippen molar-refractivity contribution in [1.29, 1.82) is 0 Å². The minimum atomic E-state index is -0.664. The molecule has 0 spiro atoms. The Bertz CT molecular complexity index is 1500. The first-order valence-corrected chi connectivity index (χ1v) is 13.7. The van der Waals surface area contributed by atoms with Gasteiger partial charge in [0.15, 0.2) is 0 Å². The predicted octanol–water partition coefficient (Wildman–Crippen LogP) is 6.03. The summed E-state index contributed by atoms with van der Waals surface area (Å²) in [5.74, 6) is -1.57. The second-order valence-corrected chi connectivity index (χ2v) is 10.7. The van der Waals surface area contributed by atoms with E-state index in [2.05, 4.69) is 30.7 Å². The molecule has 2 heterocycles. The SMILES string of the molecule is CN(C)CCN(C)c1ccc(C(=O)Nc2c[nH]c3ccc(Nc4cc(F)cc(F)c4)cc23)c(NC2CCOCC2)c1. The Morgan fingerprint density at radius 3 is 2.41 bits per heavy atom. The highest BCUT2D eigenvalue weighted by Crippen LogP contribution is 2.31. The van der Waals surface area contributed by atoms with Gasteiger partial charge in [0.05, 0.1) is 11.3 Å². The molecule has 4 aromatic rings. The monoisotopic (exact) mass is 562 g/mol. The van der Waals surface area contributed by atoms with Crippen molar-refractivity contribution in [2.75, 3.05) is 68.3 Å². The standard InChI is InChI=1S/C31H36F2N6O2/c1-38(2)10-11-39(3)25-5-6-26(29(18-25)36-22-8-12-41-13-9-22)31(40)37-30-19-34-28-7-4-23(17-27(28)30)35-24-15-20(32)14-21(33)16-24/h4-7,14-19,22,34-36H,8-13H2,1-3H3,(H,37,40). The van der Waals surface area contributed by atoms with Crippen LogP contribution in [0.2, 0.25) is 0 Å². The summed E-state index contributed by atoms with van der Waals surface area (Å²) in [7, 11) is 6.14. The number of fused-ring (bicyclic) bond motifs is 1. The Balaban J connectivity index is 1.39. The van der Waals surface area contributed by atoms with Gasteiger partial charge in [-0.3, -0.25) is 4.79 Å². The van der Waals surface area contributed by atoms with Crippen LogP contribution in [0.15, 0.2) is 60.8 Å². The zero-order valence-electron chi connectivity index (χ0n) is 23.6. The molecule has 0 aliphatic carbocycles. The van der Waals surface area contributed by atoms with Crippen LogP contribution in [-0.2, 0) is 4.74 Å². The maximum atomic E-state index is 13.7. The Labute approximate surface area is 238 Å². The summed E-state index contributed by atoms with van der Waals surface area (Å²) in [4.78, 5) is 21.1. The van der Waals surface area contributed by atoms with Gasteiger partial charge in [0.2, 0.25) is 0 Å². The molecule has 216 valence electrons. The van der Waals surface area contributed by atoms with Crippen LogP contribution in [-0.4, -0.2) is 69.3 Å². The molecule has 1 amide bonds. The maximum absolute atomic E-state index is 13.7. The average molecular weight is 563 g/mol. The van der Waals surface area contributed by atoms with Crippen LogP contribution in [0, 0.1) is 11.6 Å². The van der Waals surface area contributed by atoms with Crippen molar-refractivity contribution < 1.29 is 18.3 Å². The van der Waals surface area contributed by atoms with Crippen molar-refractivity contribution in [3.8, 4) is 0 Å². The van der Waals surface area contributed by atoms with E-state index in [0.717, 1.165) is 54.3 Å². The van der Waals surface area contributed by atoms with E-state index in [9.17, 15) is 13.6 Å². The second kappa shape index (κ2) is 12.6. The van der Waals surface area contributed by atoms with Gasteiger partial charge in [-0.25, -0.2) is 8.78 Å². The fraction of sp³-hybridized carbons (Fsp3) is 0.323. The Kier molecular flexibility index (Phi) is 8.70. The van der Waals surface area contributed by atoms with Gasteiger partial charge in [-0.1, -0.05) is 0 Å². The van der Waals surface area contributed by atoms with E-state index in [1.54, 1.807) is 12.3 Å². The molecule has 0 radical (unpaired) electrons. The normalized spacial score (nSPS) is 13.9. The summed E-state index contributed by atoms with van der Waals surface area (Å²) in [5, 5.41) is 10.4. The molecule has 0 bridgehead atoms. The highest BCUT2D eigenvalue weighted by molar-refractivity contribution is 6.12. The molecule has 0 saturated carbocycles. The molecule has 0 atom stereocenters. The predicted molar refractivity (Wildman–Crippen MR) is 162 cm³/mol. The molecule has 10 heteroatoms. The number of carbonyl (C=O) groups excluding carboxylic acids is 1. The number of halogens is 2. The molecular weight excluding hydrogens is 526 g/mol. The molecule has 4 N–H and O–H groups in total. The number of aromatic nitrogens is 1. The average Bonchev–Trinajstić information content (AvgIpc) is 3.33. The van der Waals surface area contributed by atoms with Gasteiger partial charge in [0.1, 0.15) is 11.6 Å². The molecule has 8 nitrogen and oxygen atoms in total. The fourth-order valence-corrected chi connectivity index (χ4v) is 4.91. The number of ether oxygens (including phenoxy) is 1. The van der Waals surface area contributed by atoms with Crippen LogP contribution >= 0.6 is 0 Å². The van der Waals surface area contributed by atoms with Crippen LogP contribution in [0.25, 0.3) is 10.9 Å². The number of aromatic amines is 1. The highest BCUT2D eigenvalue weighted by atomic mass is 19.1. The number of nitrogens with one attached hydrogen (secondary N) is 4. The van der Waals surface area contributed by atoms with E-state index < -0.39 is 11.6 Å². The smallest absolute Gasteiger partial charge is 0.257 e. The molecule has 0 unspecified atom stereocenters. The number of amides is 1. The van der Waals surface area contributed by atoms with Gasteiger partial charge < -0.3 is 35.5 Å². The molecule has 41 heavy (non-hydrogen) atoms. The van der Waals surface area contributed by atoms with E-state index in [-0.39, 0.29) is 11.9 Å². The summed E-state index contributed by atoms with van der Waals surface area (Å²) >= 11 is 0. The molecule has 1 aliphatic heterocycles. The summed E-state index contributed by atoms with van der Waals surface area (Å²) in [6.07, 6.45) is 3.48. The van der Waals surface area contributed by atoms with Gasteiger partial charge in [0.25, 0.3) is 5.91 Å². The Morgan fingerprint density at radius 2 is 1.68 bits per heavy atom. The third-order valence-electron chi connectivity index (χ3n) is 7.23. The zero-order chi connectivity index (χ0) is 28.9. The number of rotatable bonds is 10. The maximum Gasteiger partial charge on any atom is 0.257 e. The summed E-state index contributed by atoms with van der Waals surface area (Å²) in [6.45, 7) is 3.14. The van der Waals surface area contributed by atoms with Crippen molar-refractivity contribution in [2.24, 2.45) is 0 Å². The lowest BCUT2D eigenvalue weighted by Gasteiger charge is -2.27. The van der Waals surface area contributed by atoms with Gasteiger partial charge in [-0.2, -0.15) is 0 Å². The lowest BCUT2D eigenvalue weighted by molar-refractivity contribution is 0.0904. The Hall–Kier alpha value is -4.15. The van der Waals surface area contributed by atoms with E-state index in [4.69, 9.17) is 4.74 Å². The quantitative estimate of drug-likeness (QED) is 0.189. The molecule has 5 rings (SSSR count). The number of benzene rings is 3. The van der Waals surface area contributed by atoms with E-state index in [0.29, 0.717) is 35.8 Å². The van der Waals surface area contributed by atoms with Crippen molar-refractivity contribution in [1.82, 2.24) is 9.88 Å². The highest BCUT2D eigenvalue weighted by Gasteiger charge is 2.20. The minimum Gasteiger partial charge on any atom is -0.381 e. The van der Waals surface area contributed by atoms with Crippen LogP contribution in [0.5, 0.6) is 0 Å². The molecule has 1 aliphatic rings. The lowest BCUT2D eigenvalue weighted by atomic mass is 10.1. The van der Waals surface area contributed by atoms with Crippen molar-refractivity contribution >= 4 is 45.2 Å². The first kappa shape index (κ1) is 28.4. The first-order chi connectivity index (χ1) is 19.7. The second-order valence-electron chi connectivity index (χ2n) is 10.7. The molecule has 3 aromatic carbocycles. The first-order valence-electron chi connectivity index (χ1n) is 13.7. The third-order valence-corrected chi connectivity index (χ3v) is 7.23. The van der Waals surface area contributed by atoms with Crippen LogP contribution in [0.3, 0.4) is 0 Å². The lowest BCUT2D eigenvalue weighted by Crippen LogP contribution is -2.30. The van der Waals surface area contributed by atoms with Crippen molar-refractivity contribution in [3.63, 3.8) is 0 Å². The number of nitrogens with zero attached hydrogens (tertiary/aromatic N) is 2. The number of hydrogen-bond acceptors (Lipinski definition) is 6. The minimum absolute atomic E-state index is 0.215. The molecule has 1 saturated heterocycles. The number of anilines is 5. The van der Waals surface area contributed by atoms with E-state index in [1.165, 1.54) is 12.1 Å². The number of hydrogen-bond donors (Lipinski definition) is 4. The van der Waals surface area contributed by atoms with Gasteiger partial charge in [-0.15, -0.1) is 0 Å². The van der Waals surface area contributed by atoms with Crippen LogP contribution in [0.4, 0.5) is 37.2 Å². The molecule has 1 fully saturated rings. The summed E-state index contributed by atoms with van der Waals surface area (Å²) in [6, 6.07) is 14.8. The summed E-state index contributed by atoms with van der Waals surface area (Å²) in [5.41, 5.74) is 4.68. The van der Waals surface area contributed by atoms with E-state index >= 15 is 0 Å². The van der Waals surface area contributed by atoms with Crippen LogP contribution < -0.4 is 20.9 Å². The number of H-pyrrole nitrogens is 1. The molecule has 1 aromatic heterocycles. The Morgan fingerprint density at radius 1 is 0.927 bits per heavy atom. The van der Waals surface area contributed by atoms with E-state index in [1.807, 2.05) is 51.5 Å². The largest absolute Gasteiger partial charge is 0.381 e. The summed E-state index contributed by atoms with van der Waals surface area (Å²) < 4.78 is 32.9. The molecular formula is C31H36F2N6O2. The van der Waals surface area contributed by atoms with Crippen molar-refractivity contribution in [3.05, 3.63) is 78.0 Å². The zero-order valence-corrected chi connectivity index (χ0v) is 23.6. The van der Waals surface area contributed by atoms with Gasteiger partial charge >= 0.3 is 0 Å². The van der Waals surface area contributed by atoms with Gasteiger partial charge in [-0.05, 0) is 75.5 Å². The number of carbonyl (C=O) groups is 1. The topological polar surface area (TPSA) is 84.7 Å².